The molecule has 0 saturated carbocycles. The molecule has 6 nitrogen and oxygen atoms in total. The minimum absolute atomic E-state index is 0.120. The van der Waals surface area contributed by atoms with Gasteiger partial charge in [-0.1, -0.05) is 60.7 Å². The quantitative estimate of drug-likeness (QED) is 0.642. The largest absolute Gasteiger partial charge is 0.473 e. The van der Waals surface area contributed by atoms with E-state index in [1.54, 1.807) is 0 Å². The summed E-state index contributed by atoms with van der Waals surface area (Å²) in [6.45, 7) is -0.119. The number of hydrogen-bond donors (Lipinski definition) is 2. The molecule has 2 aromatic carbocycles. The number of thioether (sulfide) groups is 1. The van der Waals surface area contributed by atoms with Crippen molar-refractivity contribution in [1.82, 2.24) is 5.32 Å². The molecule has 142 valence electrons. The molecule has 1 amide bonds. The van der Waals surface area contributed by atoms with E-state index in [1.807, 2.05) is 60.7 Å². The lowest BCUT2D eigenvalue weighted by atomic mass is 10.0. The average molecular weight is 387 g/mol. The van der Waals surface area contributed by atoms with Crippen molar-refractivity contribution >= 4 is 28.9 Å². The summed E-state index contributed by atoms with van der Waals surface area (Å²) in [6, 6.07) is 18.6. The maximum atomic E-state index is 12.4. The number of benzene rings is 2. The number of hydrogen-bond acceptors (Lipinski definition) is 5. The summed E-state index contributed by atoms with van der Waals surface area (Å²) in [5, 5.41) is 10.4. The fourth-order valence-corrected chi connectivity index (χ4v) is 3.00. The van der Waals surface area contributed by atoms with Crippen LogP contribution in [-0.2, 0) is 27.4 Å². The van der Waals surface area contributed by atoms with Crippen LogP contribution in [0, 0.1) is 5.92 Å². The van der Waals surface area contributed by atoms with E-state index in [-0.39, 0.29) is 24.8 Å². The highest BCUT2D eigenvalue weighted by Gasteiger charge is 2.21. The molecule has 0 aromatic heterocycles. The third-order valence-corrected chi connectivity index (χ3v) is 4.57. The highest BCUT2D eigenvalue weighted by molar-refractivity contribution is 8.13. The molecular weight excluding hydrogens is 366 g/mol. The first-order valence-electron chi connectivity index (χ1n) is 8.41. The molecule has 2 aromatic rings. The number of carbonyl (C=O) groups is 3. The Morgan fingerprint density at radius 1 is 0.963 bits per heavy atom. The first kappa shape index (κ1) is 20.5. The zero-order valence-corrected chi connectivity index (χ0v) is 15.5. The monoisotopic (exact) mass is 387 g/mol. The van der Waals surface area contributed by atoms with Crippen molar-refractivity contribution < 1.29 is 24.2 Å². The van der Waals surface area contributed by atoms with Crippen LogP contribution in [0.3, 0.4) is 0 Å². The smallest absolute Gasteiger partial charge is 0.364 e. The van der Waals surface area contributed by atoms with Gasteiger partial charge in [0, 0.05) is 5.75 Å². The van der Waals surface area contributed by atoms with Crippen LogP contribution in [0.5, 0.6) is 0 Å². The predicted octanol–water partition coefficient (Wildman–Crippen LogP) is 3.12. The van der Waals surface area contributed by atoms with Gasteiger partial charge in [0.15, 0.2) is 0 Å². The van der Waals surface area contributed by atoms with Crippen LogP contribution in [0.4, 0.5) is 4.79 Å². The van der Waals surface area contributed by atoms with Gasteiger partial charge in [-0.15, -0.1) is 0 Å². The van der Waals surface area contributed by atoms with Crippen molar-refractivity contribution in [3.8, 4) is 0 Å². The Morgan fingerprint density at radius 3 is 2.15 bits per heavy atom. The summed E-state index contributed by atoms with van der Waals surface area (Å²) in [7, 11) is 0. The van der Waals surface area contributed by atoms with Gasteiger partial charge in [0.05, 0.1) is 5.92 Å². The molecule has 2 rings (SSSR count). The maximum absolute atomic E-state index is 12.4. The van der Waals surface area contributed by atoms with Gasteiger partial charge in [0.2, 0.25) is 5.91 Å². The Labute approximate surface area is 161 Å². The Hall–Kier alpha value is -2.80. The second-order valence-corrected chi connectivity index (χ2v) is 6.80. The molecule has 0 spiro atoms. The predicted molar refractivity (Wildman–Crippen MR) is 103 cm³/mol. The van der Waals surface area contributed by atoms with E-state index < -0.39 is 17.2 Å². The van der Waals surface area contributed by atoms with Crippen molar-refractivity contribution in [3.05, 3.63) is 71.8 Å². The summed E-state index contributed by atoms with van der Waals surface area (Å²) >= 11 is 0.668. The molecule has 0 saturated heterocycles. The lowest BCUT2D eigenvalue weighted by Gasteiger charge is -2.15. The Bertz CT molecular complexity index is 751. The van der Waals surface area contributed by atoms with Gasteiger partial charge in [0.1, 0.15) is 13.2 Å². The minimum atomic E-state index is -1.04. The van der Waals surface area contributed by atoms with E-state index >= 15 is 0 Å². The van der Waals surface area contributed by atoms with Gasteiger partial charge in [-0.05, 0) is 29.3 Å². The molecular formula is C20H21NO5S. The second kappa shape index (κ2) is 11.0. The van der Waals surface area contributed by atoms with Gasteiger partial charge in [-0.25, -0.2) is 4.79 Å². The summed E-state index contributed by atoms with van der Waals surface area (Å²) < 4.78 is 5.12. The zero-order chi connectivity index (χ0) is 19.5. The molecule has 0 aliphatic rings. The van der Waals surface area contributed by atoms with Crippen molar-refractivity contribution in [2.24, 2.45) is 5.92 Å². The highest BCUT2D eigenvalue weighted by Crippen LogP contribution is 2.15. The average Bonchev–Trinajstić information content (AvgIpc) is 2.69. The SMILES string of the molecule is O=C(CNC(=O)C(CSC(=O)O)Cc1ccccc1)OCc1ccccc1. The van der Waals surface area contributed by atoms with E-state index in [0.717, 1.165) is 11.1 Å². The summed E-state index contributed by atoms with van der Waals surface area (Å²) in [4.78, 5) is 35.1. The molecule has 2 N–H and O–H groups in total. The number of ether oxygens (including phenoxy) is 1. The van der Waals surface area contributed by atoms with Gasteiger partial charge in [0.25, 0.3) is 0 Å². The number of amides is 1. The fraction of sp³-hybridized carbons (Fsp3) is 0.250. The summed E-state index contributed by atoms with van der Waals surface area (Å²) in [6.07, 6.45) is 0.395. The fourth-order valence-electron chi connectivity index (χ4n) is 2.39. The van der Waals surface area contributed by atoms with Crippen molar-refractivity contribution in [1.29, 1.82) is 0 Å². The molecule has 1 unspecified atom stereocenters. The lowest BCUT2D eigenvalue weighted by Crippen LogP contribution is -2.37. The van der Waals surface area contributed by atoms with Crippen LogP contribution >= 0.6 is 11.8 Å². The van der Waals surface area contributed by atoms with E-state index in [1.165, 1.54) is 0 Å². The third-order valence-electron chi connectivity index (χ3n) is 3.75. The van der Waals surface area contributed by atoms with E-state index in [0.29, 0.717) is 18.2 Å². The number of carbonyl (C=O) groups excluding carboxylic acids is 2. The van der Waals surface area contributed by atoms with Crippen LogP contribution < -0.4 is 5.32 Å². The van der Waals surface area contributed by atoms with Crippen molar-refractivity contribution in [2.75, 3.05) is 12.3 Å². The lowest BCUT2D eigenvalue weighted by molar-refractivity contribution is -0.145. The molecule has 7 heteroatoms. The van der Waals surface area contributed by atoms with Gasteiger partial charge >= 0.3 is 11.3 Å². The molecule has 0 fully saturated rings. The standard InChI is InChI=1S/C20H21NO5S/c22-18(26-13-16-9-5-2-6-10-16)12-21-19(23)17(14-27-20(24)25)11-15-7-3-1-4-8-15/h1-10,17H,11-14H2,(H,21,23)(H,24,25). The summed E-state index contributed by atoms with van der Waals surface area (Å²) in [5.74, 6) is -1.36. The Kier molecular flexibility index (Phi) is 8.38. The molecule has 0 radical (unpaired) electrons. The molecule has 0 aliphatic carbocycles. The highest BCUT2D eigenvalue weighted by atomic mass is 32.2. The van der Waals surface area contributed by atoms with E-state index in [2.05, 4.69) is 5.32 Å². The Morgan fingerprint density at radius 2 is 1.56 bits per heavy atom. The molecule has 1 atom stereocenters. The Balaban J connectivity index is 1.84. The third kappa shape index (κ3) is 7.96. The maximum Gasteiger partial charge on any atom is 0.364 e. The van der Waals surface area contributed by atoms with Gasteiger partial charge in [-0.2, -0.15) is 0 Å². The van der Waals surface area contributed by atoms with Crippen LogP contribution in [0.1, 0.15) is 11.1 Å². The normalized spacial score (nSPS) is 11.4. The van der Waals surface area contributed by atoms with Gasteiger partial charge in [-0.3, -0.25) is 9.59 Å². The number of esters is 1. The minimum Gasteiger partial charge on any atom is -0.473 e. The topological polar surface area (TPSA) is 92.7 Å². The molecule has 27 heavy (non-hydrogen) atoms. The number of carboxylic acid groups (broad SMARTS) is 1. The van der Waals surface area contributed by atoms with Crippen LogP contribution in [0.2, 0.25) is 0 Å². The van der Waals surface area contributed by atoms with E-state index in [4.69, 9.17) is 9.84 Å². The van der Waals surface area contributed by atoms with Crippen LogP contribution in [-0.4, -0.2) is 34.6 Å². The van der Waals surface area contributed by atoms with E-state index in [9.17, 15) is 14.4 Å². The molecule has 0 heterocycles. The van der Waals surface area contributed by atoms with Crippen LogP contribution in [0.25, 0.3) is 0 Å². The van der Waals surface area contributed by atoms with Crippen molar-refractivity contribution in [2.45, 2.75) is 13.0 Å². The molecule has 0 aliphatic heterocycles. The number of rotatable bonds is 9. The zero-order valence-electron chi connectivity index (χ0n) is 14.7. The first-order chi connectivity index (χ1) is 13.0. The second-order valence-electron chi connectivity index (χ2n) is 5.83. The number of nitrogens with one attached hydrogen (secondary N) is 1. The van der Waals surface area contributed by atoms with Gasteiger partial charge < -0.3 is 15.2 Å². The molecule has 0 bridgehead atoms. The van der Waals surface area contributed by atoms with Crippen LogP contribution in [0.15, 0.2) is 60.7 Å². The summed E-state index contributed by atoms with van der Waals surface area (Å²) in [5.41, 5.74) is 1.78. The van der Waals surface area contributed by atoms with Crippen molar-refractivity contribution in [3.63, 3.8) is 0 Å². The first-order valence-corrected chi connectivity index (χ1v) is 9.40.